The summed E-state index contributed by atoms with van der Waals surface area (Å²) in [5, 5.41) is 20.0. The van der Waals surface area contributed by atoms with Crippen LogP contribution in [0, 0.1) is 12.8 Å². The van der Waals surface area contributed by atoms with Gasteiger partial charge >= 0.3 is 0 Å². The van der Waals surface area contributed by atoms with E-state index in [2.05, 4.69) is 20.4 Å². The van der Waals surface area contributed by atoms with Gasteiger partial charge in [-0.3, -0.25) is 9.48 Å². The molecule has 8 heteroatoms. The zero-order chi connectivity index (χ0) is 20.6. The van der Waals surface area contributed by atoms with E-state index in [0.717, 1.165) is 30.3 Å². The number of hydrogen-bond acceptors (Lipinski definition) is 6. The summed E-state index contributed by atoms with van der Waals surface area (Å²) in [4.78, 5) is 22.2. The van der Waals surface area contributed by atoms with Crippen LogP contribution in [0.1, 0.15) is 24.4 Å². The van der Waals surface area contributed by atoms with E-state index < -0.39 is 0 Å². The number of hydrogen-bond donors (Lipinski definition) is 2. The van der Waals surface area contributed by atoms with E-state index in [1.54, 1.807) is 10.9 Å². The Bertz CT molecular complexity index is 1390. The van der Waals surface area contributed by atoms with Crippen LogP contribution in [-0.4, -0.2) is 42.0 Å². The molecule has 0 radical (unpaired) electrons. The number of nitrogens with one attached hydrogen (secondary N) is 1. The fourth-order valence-corrected chi connectivity index (χ4v) is 5.20. The first-order valence-corrected chi connectivity index (χ1v) is 10.3. The Labute approximate surface area is 172 Å². The van der Waals surface area contributed by atoms with Crippen LogP contribution in [0.5, 0.6) is 5.75 Å². The molecule has 0 spiro atoms. The number of phenols is 1. The first-order chi connectivity index (χ1) is 14.5. The predicted molar refractivity (Wildman–Crippen MR) is 113 cm³/mol. The normalized spacial score (nSPS) is 23.1. The average molecular weight is 402 g/mol. The molecule has 1 aliphatic heterocycles. The maximum atomic E-state index is 13.1. The second-order valence-corrected chi connectivity index (χ2v) is 8.56. The van der Waals surface area contributed by atoms with Gasteiger partial charge in [-0.1, -0.05) is 0 Å². The lowest BCUT2D eigenvalue weighted by molar-refractivity contribution is 0.340. The van der Waals surface area contributed by atoms with Gasteiger partial charge in [-0.05, 0) is 37.8 Å². The Hall–Kier alpha value is -3.26. The number of fused-ring (bicyclic) bond motifs is 4. The number of rotatable bonds is 2. The summed E-state index contributed by atoms with van der Waals surface area (Å²) >= 11 is 0. The summed E-state index contributed by atoms with van der Waals surface area (Å²) in [6.07, 6.45) is 7.48. The van der Waals surface area contributed by atoms with Crippen LogP contribution in [0.15, 0.2) is 35.5 Å². The van der Waals surface area contributed by atoms with Gasteiger partial charge in [-0.15, -0.1) is 0 Å². The molecule has 2 aliphatic rings. The Morgan fingerprint density at radius 1 is 1.30 bits per heavy atom. The largest absolute Gasteiger partial charge is 0.507 e. The Balaban J connectivity index is 1.47. The van der Waals surface area contributed by atoms with Crippen LogP contribution in [0.25, 0.3) is 33.2 Å². The standard InChI is InChI=1S/C22H22N6O2/c1-11-19-13(10-27(2)26-19)6-15(20(11)29)21-24-9-16-17(25-21)3-4-28(22(16)30)18-7-14-5-12(18)8-23-14/h3-4,6,9-10,12,14,18,23,29H,5,7-8H2,1-2H3/t12-,14-,18-/m1/s1. The molecule has 2 bridgehead atoms. The van der Waals surface area contributed by atoms with Crippen molar-refractivity contribution in [1.29, 1.82) is 0 Å². The number of aromatic nitrogens is 5. The SMILES string of the molecule is Cc1c(O)c(-c2ncc3c(=O)n([C@@H]4C[C@H]5C[C@@H]4CN5)ccc3n2)cc2cn(C)nc12. The van der Waals surface area contributed by atoms with Gasteiger partial charge in [-0.25, -0.2) is 9.97 Å². The monoisotopic (exact) mass is 402 g/mol. The molecule has 4 heterocycles. The molecule has 152 valence electrons. The molecule has 1 aromatic carbocycles. The first-order valence-electron chi connectivity index (χ1n) is 10.3. The molecule has 6 rings (SSSR count). The summed E-state index contributed by atoms with van der Waals surface area (Å²) < 4.78 is 3.58. The van der Waals surface area contributed by atoms with Crippen molar-refractivity contribution in [3.8, 4) is 17.1 Å². The lowest BCUT2D eigenvalue weighted by Gasteiger charge is -2.24. The summed E-state index contributed by atoms with van der Waals surface area (Å²) in [5.74, 6) is 1.02. The van der Waals surface area contributed by atoms with Crippen LogP contribution in [0.4, 0.5) is 0 Å². The number of phenolic OH excluding ortho intramolecular Hbond substituents is 1. The molecule has 8 nitrogen and oxygen atoms in total. The van der Waals surface area contributed by atoms with Crippen LogP contribution in [0.3, 0.4) is 0 Å². The van der Waals surface area contributed by atoms with E-state index in [1.165, 1.54) is 0 Å². The van der Waals surface area contributed by atoms with Crippen LogP contribution in [0.2, 0.25) is 0 Å². The lowest BCUT2D eigenvalue weighted by Crippen LogP contribution is -2.35. The summed E-state index contributed by atoms with van der Waals surface area (Å²) in [6, 6.07) is 4.49. The Kier molecular flexibility index (Phi) is 3.59. The number of aromatic hydroxyl groups is 1. The number of benzene rings is 1. The molecule has 4 aromatic rings. The van der Waals surface area contributed by atoms with Crippen molar-refractivity contribution in [1.82, 2.24) is 29.6 Å². The van der Waals surface area contributed by atoms with Gasteiger partial charge in [0, 0.05) is 55.2 Å². The highest BCUT2D eigenvalue weighted by atomic mass is 16.3. The van der Waals surface area contributed by atoms with Gasteiger partial charge in [0.05, 0.1) is 22.0 Å². The second-order valence-electron chi connectivity index (χ2n) is 8.56. The molecule has 3 aromatic heterocycles. The predicted octanol–water partition coefficient (Wildman–Crippen LogP) is 2.28. The fraction of sp³-hybridized carbons (Fsp3) is 0.364. The quantitative estimate of drug-likeness (QED) is 0.534. The van der Waals surface area contributed by atoms with Crippen LogP contribution in [-0.2, 0) is 7.05 Å². The van der Waals surface area contributed by atoms with Crippen molar-refractivity contribution >= 4 is 21.8 Å². The Morgan fingerprint density at radius 2 is 2.17 bits per heavy atom. The summed E-state index contributed by atoms with van der Waals surface area (Å²) in [6.45, 7) is 2.81. The van der Waals surface area contributed by atoms with Gasteiger partial charge in [0.15, 0.2) is 5.82 Å². The van der Waals surface area contributed by atoms with Crippen molar-refractivity contribution < 1.29 is 5.11 Å². The minimum Gasteiger partial charge on any atom is -0.507 e. The third-order valence-corrected chi connectivity index (χ3v) is 6.72. The van der Waals surface area contributed by atoms with Crippen molar-refractivity contribution in [2.75, 3.05) is 6.54 Å². The van der Waals surface area contributed by atoms with Crippen LogP contribution < -0.4 is 10.9 Å². The van der Waals surface area contributed by atoms with Gasteiger partial charge in [0.25, 0.3) is 5.56 Å². The third-order valence-electron chi connectivity index (χ3n) is 6.72. The van der Waals surface area contributed by atoms with Crippen molar-refractivity contribution in [2.45, 2.75) is 31.8 Å². The molecule has 1 saturated heterocycles. The van der Waals surface area contributed by atoms with Gasteiger partial charge in [-0.2, -0.15) is 5.10 Å². The summed E-state index contributed by atoms with van der Waals surface area (Å²) in [5.41, 5.74) is 2.53. The number of nitrogens with zero attached hydrogens (tertiary/aromatic N) is 5. The molecule has 3 atom stereocenters. The van der Waals surface area contributed by atoms with Gasteiger partial charge in [0.2, 0.25) is 0 Å². The molecule has 30 heavy (non-hydrogen) atoms. The maximum Gasteiger partial charge on any atom is 0.261 e. The minimum atomic E-state index is -0.0419. The highest BCUT2D eigenvalue weighted by Gasteiger charge is 2.40. The van der Waals surface area contributed by atoms with Gasteiger partial charge in [0.1, 0.15) is 5.75 Å². The number of aryl methyl sites for hydroxylation is 2. The second kappa shape index (κ2) is 6.12. The third kappa shape index (κ3) is 2.43. The molecule has 1 aliphatic carbocycles. The fourth-order valence-electron chi connectivity index (χ4n) is 5.20. The Morgan fingerprint density at radius 3 is 2.93 bits per heavy atom. The summed E-state index contributed by atoms with van der Waals surface area (Å²) in [7, 11) is 1.85. The van der Waals surface area contributed by atoms with E-state index in [0.29, 0.717) is 39.8 Å². The van der Waals surface area contributed by atoms with E-state index in [-0.39, 0.29) is 17.4 Å². The first kappa shape index (κ1) is 17.6. The molecular formula is C22H22N6O2. The molecule has 2 fully saturated rings. The molecule has 2 N–H and O–H groups in total. The highest BCUT2D eigenvalue weighted by Crippen LogP contribution is 2.39. The minimum absolute atomic E-state index is 0.0419. The van der Waals surface area contributed by atoms with Gasteiger partial charge < -0.3 is 15.0 Å². The van der Waals surface area contributed by atoms with Crippen molar-refractivity contribution in [3.63, 3.8) is 0 Å². The number of piperidine rings is 1. The maximum absolute atomic E-state index is 13.1. The highest BCUT2D eigenvalue weighted by molar-refractivity contribution is 5.90. The van der Waals surface area contributed by atoms with E-state index in [4.69, 9.17) is 0 Å². The lowest BCUT2D eigenvalue weighted by atomic mass is 10.0. The van der Waals surface area contributed by atoms with Crippen molar-refractivity contribution in [2.24, 2.45) is 13.0 Å². The van der Waals surface area contributed by atoms with Crippen molar-refractivity contribution in [3.05, 3.63) is 46.6 Å². The van der Waals surface area contributed by atoms with Crippen LogP contribution >= 0.6 is 0 Å². The topological polar surface area (TPSA) is 97.9 Å². The zero-order valence-corrected chi connectivity index (χ0v) is 16.8. The molecule has 1 saturated carbocycles. The van der Waals surface area contributed by atoms with E-state index in [1.807, 2.05) is 43.1 Å². The smallest absolute Gasteiger partial charge is 0.261 e. The number of pyridine rings is 1. The molecular weight excluding hydrogens is 380 g/mol. The molecule has 0 unspecified atom stereocenters. The van der Waals surface area contributed by atoms with E-state index >= 15 is 0 Å². The average Bonchev–Trinajstić information content (AvgIpc) is 3.46. The zero-order valence-electron chi connectivity index (χ0n) is 16.8. The van der Waals surface area contributed by atoms with E-state index in [9.17, 15) is 9.90 Å². The molecule has 0 amide bonds.